The fraction of sp³-hybridized carbons (Fsp3) is 0.167. The number of fused-ring (bicyclic) bond motifs is 1. The van der Waals surface area contributed by atoms with Crippen molar-refractivity contribution in [1.82, 2.24) is 4.98 Å². The highest BCUT2D eigenvalue weighted by Gasteiger charge is 2.23. The van der Waals surface area contributed by atoms with Gasteiger partial charge in [0.15, 0.2) is 0 Å². The van der Waals surface area contributed by atoms with E-state index < -0.39 is 11.2 Å². The predicted molar refractivity (Wildman–Crippen MR) is 115 cm³/mol. The highest BCUT2D eigenvalue weighted by molar-refractivity contribution is 7.89. The van der Waals surface area contributed by atoms with E-state index in [2.05, 4.69) is 4.98 Å². The van der Waals surface area contributed by atoms with Crippen molar-refractivity contribution in [1.29, 1.82) is 0 Å². The van der Waals surface area contributed by atoms with Gasteiger partial charge in [-0.25, -0.2) is 8.78 Å². The van der Waals surface area contributed by atoms with Gasteiger partial charge in [0.1, 0.15) is 17.4 Å². The van der Waals surface area contributed by atoms with Crippen molar-refractivity contribution in [3.63, 3.8) is 0 Å². The number of rotatable bonds is 5. The van der Waals surface area contributed by atoms with E-state index in [1.54, 1.807) is 24.5 Å². The lowest BCUT2D eigenvalue weighted by Crippen LogP contribution is -2.06. The van der Waals surface area contributed by atoms with E-state index in [0.29, 0.717) is 5.75 Å². The summed E-state index contributed by atoms with van der Waals surface area (Å²) in [5.41, 5.74) is 5.67. The third-order valence-electron chi connectivity index (χ3n) is 5.25. The van der Waals surface area contributed by atoms with Gasteiger partial charge in [0.25, 0.3) is 0 Å². The molecule has 0 saturated heterocycles. The van der Waals surface area contributed by atoms with Crippen LogP contribution in [0.2, 0.25) is 0 Å². The third-order valence-corrected chi connectivity index (χ3v) is 5.97. The first-order valence-corrected chi connectivity index (χ1v) is 11.1. The van der Waals surface area contributed by atoms with Crippen molar-refractivity contribution in [2.24, 2.45) is 0 Å². The Morgan fingerprint density at radius 1 is 0.966 bits per heavy atom. The molecule has 2 nitrogen and oxygen atoms in total. The summed E-state index contributed by atoms with van der Waals surface area (Å²) >= 11 is -0.958. The van der Waals surface area contributed by atoms with Crippen LogP contribution in [0.1, 0.15) is 33.7 Å². The van der Waals surface area contributed by atoms with Crippen molar-refractivity contribution in [2.45, 2.75) is 18.6 Å². The maximum absolute atomic E-state index is 13.8. The highest BCUT2D eigenvalue weighted by atomic mass is 32.2. The number of halogens is 2. The summed E-state index contributed by atoms with van der Waals surface area (Å²) in [5.74, 6) is -0.299. The average molecular weight is 410 g/mol. The molecule has 2 unspecified atom stereocenters. The molecule has 0 aliphatic carbocycles. The van der Waals surface area contributed by atoms with Crippen molar-refractivity contribution >= 4 is 22.1 Å². The zero-order valence-electron chi connectivity index (χ0n) is 16.2. The Bertz CT molecular complexity index is 1150. The SMILES string of the molecule is Cc1cc(F)ccc1C(c1ccc(F)cc1)c1c[nH]c2c(C[S+](C)[O-])cccc12. The molecule has 148 valence electrons. The Morgan fingerprint density at radius 2 is 1.69 bits per heavy atom. The third kappa shape index (κ3) is 3.93. The van der Waals surface area contributed by atoms with E-state index >= 15 is 0 Å². The van der Waals surface area contributed by atoms with Crippen LogP contribution in [0.25, 0.3) is 10.9 Å². The molecule has 0 amide bonds. The van der Waals surface area contributed by atoms with E-state index in [1.807, 2.05) is 31.3 Å². The number of hydrogen-bond donors (Lipinski definition) is 1. The molecule has 4 aromatic rings. The molecule has 0 aliphatic heterocycles. The van der Waals surface area contributed by atoms with Gasteiger partial charge in [0, 0.05) is 23.1 Å². The van der Waals surface area contributed by atoms with Crippen molar-refractivity contribution in [3.8, 4) is 0 Å². The van der Waals surface area contributed by atoms with Crippen LogP contribution in [0, 0.1) is 18.6 Å². The van der Waals surface area contributed by atoms with Crippen LogP contribution in [-0.4, -0.2) is 15.8 Å². The smallest absolute Gasteiger partial charge is 0.132 e. The average Bonchev–Trinajstić information content (AvgIpc) is 3.10. The molecule has 5 heteroatoms. The number of H-pyrrole nitrogens is 1. The molecule has 1 N–H and O–H groups in total. The molecule has 0 aliphatic rings. The van der Waals surface area contributed by atoms with Gasteiger partial charge in [-0.15, -0.1) is 0 Å². The number of benzene rings is 3. The molecule has 0 saturated carbocycles. The number of aromatic amines is 1. The maximum atomic E-state index is 13.8. The Labute approximate surface area is 171 Å². The molecule has 0 radical (unpaired) electrons. The Hall–Kier alpha value is -2.63. The van der Waals surface area contributed by atoms with Gasteiger partial charge in [0.05, 0.1) is 11.8 Å². The molecule has 0 spiro atoms. The van der Waals surface area contributed by atoms with Crippen LogP contribution in [0.5, 0.6) is 0 Å². The van der Waals surface area contributed by atoms with Gasteiger partial charge in [-0.1, -0.05) is 47.6 Å². The van der Waals surface area contributed by atoms with Crippen LogP contribution in [0.4, 0.5) is 8.78 Å². The summed E-state index contributed by atoms with van der Waals surface area (Å²) in [5, 5.41) is 1.02. The standard InChI is InChI=1S/C24H21F2NOS/c1-15-12-19(26)10-11-20(15)23(16-6-8-18(25)9-7-16)22-13-27-24-17(14-29(2)28)4-3-5-21(22)24/h3-13,23,27H,14H2,1-2H3. The van der Waals surface area contributed by atoms with E-state index in [1.165, 1.54) is 24.3 Å². The second-order valence-corrected chi connectivity index (χ2v) is 8.72. The van der Waals surface area contributed by atoms with Crippen LogP contribution >= 0.6 is 0 Å². The summed E-state index contributed by atoms with van der Waals surface area (Å²) in [4.78, 5) is 3.34. The molecule has 1 heterocycles. The lowest BCUT2D eigenvalue weighted by atomic mass is 9.83. The fourth-order valence-corrected chi connectivity index (χ4v) is 4.64. The zero-order chi connectivity index (χ0) is 20.5. The van der Waals surface area contributed by atoms with Crippen molar-refractivity contribution in [2.75, 3.05) is 6.26 Å². The first kappa shape index (κ1) is 19.7. The van der Waals surface area contributed by atoms with E-state index in [-0.39, 0.29) is 17.6 Å². The monoisotopic (exact) mass is 409 g/mol. The molecule has 0 bridgehead atoms. The molecule has 2 atom stereocenters. The van der Waals surface area contributed by atoms with Gasteiger partial charge >= 0.3 is 0 Å². The largest absolute Gasteiger partial charge is 0.616 e. The first-order chi connectivity index (χ1) is 13.9. The minimum absolute atomic E-state index is 0.188. The molecule has 29 heavy (non-hydrogen) atoms. The van der Waals surface area contributed by atoms with Crippen molar-refractivity contribution < 1.29 is 13.3 Å². The van der Waals surface area contributed by atoms with Crippen LogP contribution in [0.3, 0.4) is 0 Å². The zero-order valence-corrected chi connectivity index (χ0v) is 17.0. The van der Waals surface area contributed by atoms with Gasteiger partial charge in [-0.05, 0) is 53.4 Å². The predicted octanol–water partition coefficient (Wildman–Crippen LogP) is 5.81. The minimum Gasteiger partial charge on any atom is -0.616 e. The number of aromatic nitrogens is 1. The van der Waals surface area contributed by atoms with Crippen LogP contribution < -0.4 is 0 Å². The fourth-order valence-electron chi connectivity index (χ4n) is 3.96. The Morgan fingerprint density at radius 3 is 2.38 bits per heavy atom. The summed E-state index contributed by atoms with van der Waals surface area (Å²) in [6.07, 6.45) is 3.63. The topological polar surface area (TPSA) is 38.8 Å². The lowest BCUT2D eigenvalue weighted by molar-refractivity contribution is 0.600. The van der Waals surface area contributed by atoms with Gasteiger partial charge in [0.2, 0.25) is 0 Å². The Kier molecular flexibility index (Phi) is 5.43. The molecule has 0 fully saturated rings. The van der Waals surface area contributed by atoms with Crippen LogP contribution in [-0.2, 0) is 16.9 Å². The lowest BCUT2D eigenvalue weighted by Gasteiger charge is -2.20. The van der Waals surface area contributed by atoms with Gasteiger partial charge in [-0.3, -0.25) is 0 Å². The number of nitrogens with one attached hydrogen (secondary N) is 1. The van der Waals surface area contributed by atoms with Gasteiger partial charge < -0.3 is 9.54 Å². The Balaban J connectivity index is 1.93. The molecule has 4 rings (SSSR count). The highest BCUT2D eigenvalue weighted by Crippen LogP contribution is 2.38. The van der Waals surface area contributed by atoms with Crippen LogP contribution in [0.15, 0.2) is 66.9 Å². The van der Waals surface area contributed by atoms with Crippen molar-refractivity contribution in [3.05, 3.63) is 106 Å². The normalized spacial score (nSPS) is 13.6. The second kappa shape index (κ2) is 8.01. The molecule has 3 aromatic carbocycles. The molecular weight excluding hydrogens is 388 g/mol. The summed E-state index contributed by atoms with van der Waals surface area (Å²) in [7, 11) is 0. The first-order valence-electron chi connectivity index (χ1n) is 9.34. The van der Waals surface area contributed by atoms with Gasteiger partial charge in [-0.2, -0.15) is 0 Å². The molecule has 1 aromatic heterocycles. The second-order valence-electron chi connectivity index (χ2n) is 7.29. The maximum Gasteiger partial charge on any atom is 0.132 e. The van der Waals surface area contributed by atoms with E-state index in [9.17, 15) is 13.3 Å². The quantitative estimate of drug-likeness (QED) is 0.415. The summed E-state index contributed by atoms with van der Waals surface area (Å²) in [6, 6.07) is 17.2. The number of aryl methyl sites for hydroxylation is 1. The number of para-hydroxylation sites is 1. The summed E-state index contributed by atoms with van der Waals surface area (Å²) in [6.45, 7) is 1.88. The molecular formula is C24H21F2NOS. The van der Waals surface area contributed by atoms with E-state index in [4.69, 9.17) is 0 Å². The van der Waals surface area contributed by atoms with E-state index in [0.717, 1.165) is 38.7 Å². The number of hydrogen-bond acceptors (Lipinski definition) is 1. The minimum atomic E-state index is -0.958. The summed E-state index contributed by atoms with van der Waals surface area (Å²) < 4.78 is 39.1.